The summed E-state index contributed by atoms with van der Waals surface area (Å²) in [7, 11) is 0. The van der Waals surface area contributed by atoms with E-state index < -0.39 is 35.6 Å². The van der Waals surface area contributed by atoms with E-state index in [9.17, 15) is 18.8 Å². The van der Waals surface area contributed by atoms with Crippen molar-refractivity contribution in [2.45, 2.75) is 31.8 Å². The molecule has 4 N–H and O–H groups in total. The minimum atomic E-state index is -1.26. The number of primary amides is 2. The topological polar surface area (TPSA) is 119 Å². The summed E-state index contributed by atoms with van der Waals surface area (Å²) in [5, 5.41) is 0.180. The molecule has 4 rings (SSSR count). The predicted molar refractivity (Wildman–Crippen MR) is 125 cm³/mol. The van der Waals surface area contributed by atoms with Crippen molar-refractivity contribution in [2.75, 3.05) is 0 Å². The molecule has 9 heteroatoms. The Kier molecular flexibility index (Phi) is 6.34. The molecular formula is C25H22ClFN4O3. The van der Waals surface area contributed by atoms with Crippen LogP contribution in [0.15, 0.2) is 54.7 Å². The molecule has 1 heterocycles. The molecule has 1 aliphatic carbocycles. The smallest absolute Gasteiger partial charge is 0.257 e. The Labute approximate surface area is 200 Å². The summed E-state index contributed by atoms with van der Waals surface area (Å²) in [6.07, 6.45) is 2.26. The van der Waals surface area contributed by atoms with Gasteiger partial charge in [0.15, 0.2) is 0 Å². The van der Waals surface area contributed by atoms with E-state index in [0.29, 0.717) is 35.2 Å². The molecule has 7 nitrogen and oxygen atoms in total. The summed E-state index contributed by atoms with van der Waals surface area (Å²) in [6, 6.07) is 10.2. The number of fused-ring (bicyclic) bond motifs is 1. The summed E-state index contributed by atoms with van der Waals surface area (Å²) in [6.45, 7) is 1.68. The molecule has 0 fully saturated rings. The minimum absolute atomic E-state index is 0.162. The number of amides is 3. The van der Waals surface area contributed by atoms with Gasteiger partial charge in [-0.15, -0.1) is 0 Å². The quantitative estimate of drug-likeness (QED) is 0.559. The van der Waals surface area contributed by atoms with Crippen LogP contribution in [0.5, 0.6) is 0 Å². The Morgan fingerprint density at radius 3 is 2.59 bits per heavy atom. The summed E-state index contributed by atoms with van der Waals surface area (Å²) in [4.78, 5) is 44.1. The van der Waals surface area contributed by atoms with Crippen LogP contribution in [0, 0.1) is 12.7 Å². The van der Waals surface area contributed by atoms with Crippen LogP contribution in [0.3, 0.4) is 0 Å². The molecular weight excluding hydrogens is 459 g/mol. The van der Waals surface area contributed by atoms with Crippen LogP contribution in [0.4, 0.5) is 4.39 Å². The summed E-state index contributed by atoms with van der Waals surface area (Å²) < 4.78 is 14.7. The van der Waals surface area contributed by atoms with E-state index in [1.54, 1.807) is 43.5 Å². The fourth-order valence-corrected chi connectivity index (χ4v) is 4.74. The number of carbonyl (C=O) groups excluding carboxylic acids is 3. The number of nitrogens with zero attached hydrogens (tertiary/aromatic N) is 2. The first-order chi connectivity index (χ1) is 16.2. The second-order valence-electron chi connectivity index (χ2n) is 8.15. The molecule has 3 amide bonds. The first kappa shape index (κ1) is 23.4. The highest BCUT2D eigenvalue weighted by Crippen LogP contribution is 2.43. The Hall–Kier alpha value is -3.78. The third-order valence-electron chi connectivity index (χ3n) is 6.06. The Balaban J connectivity index is 1.92. The zero-order valence-electron chi connectivity index (χ0n) is 18.3. The van der Waals surface area contributed by atoms with Gasteiger partial charge >= 0.3 is 0 Å². The predicted octanol–water partition coefficient (Wildman–Crippen LogP) is 3.64. The van der Waals surface area contributed by atoms with Crippen molar-refractivity contribution in [3.63, 3.8) is 0 Å². The molecule has 0 radical (unpaired) electrons. The van der Waals surface area contributed by atoms with E-state index >= 15 is 0 Å². The van der Waals surface area contributed by atoms with Crippen molar-refractivity contribution >= 4 is 29.3 Å². The Bertz CT molecular complexity index is 1310. The van der Waals surface area contributed by atoms with Crippen molar-refractivity contribution in [2.24, 2.45) is 11.5 Å². The third kappa shape index (κ3) is 4.24. The number of carbonyl (C=O) groups is 3. The minimum Gasteiger partial charge on any atom is -0.368 e. The lowest BCUT2D eigenvalue weighted by molar-refractivity contribution is -0.123. The van der Waals surface area contributed by atoms with Crippen LogP contribution in [0.2, 0.25) is 5.02 Å². The second-order valence-corrected chi connectivity index (χ2v) is 8.59. The molecule has 1 aliphatic rings. The molecule has 0 bridgehead atoms. The maximum Gasteiger partial charge on any atom is 0.257 e. The molecule has 0 saturated carbocycles. The van der Waals surface area contributed by atoms with Crippen molar-refractivity contribution in [3.05, 3.63) is 99.1 Å². The molecule has 1 aromatic heterocycles. The third-order valence-corrected chi connectivity index (χ3v) is 6.28. The van der Waals surface area contributed by atoms with Gasteiger partial charge in [-0.3, -0.25) is 19.4 Å². The maximum absolute atomic E-state index is 14.7. The zero-order chi connectivity index (χ0) is 24.6. The van der Waals surface area contributed by atoms with Crippen LogP contribution < -0.4 is 11.5 Å². The SMILES string of the molecule is Cc1ncccc1C(=O)N([C@@H]1CCc2c(F)cc(Cl)cc21)[C@@H](C(N)=O)c1cccc(C(N)=O)c1. The van der Waals surface area contributed by atoms with Crippen LogP contribution in [-0.4, -0.2) is 27.6 Å². The lowest BCUT2D eigenvalue weighted by Gasteiger charge is -2.36. The van der Waals surface area contributed by atoms with Crippen molar-refractivity contribution < 1.29 is 18.8 Å². The highest BCUT2D eigenvalue weighted by molar-refractivity contribution is 6.30. The van der Waals surface area contributed by atoms with Crippen molar-refractivity contribution in [1.29, 1.82) is 0 Å². The standard InChI is InChI=1S/C25H22ClFN4O3/c1-13-17(6-3-9-30-13)25(34)31(21-8-7-18-19(21)11-16(26)12-20(18)27)22(24(29)33)14-4-2-5-15(10-14)23(28)32/h2-6,9-12,21-22H,7-8H2,1H3,(H2,28,32)(H2,29,33)/t21-,22-/m1/s1. The van der Waals surface area contributed by atoms with Crippen molar-refractivity contribution in [3.8, 4) is 0 Å². The molecule has 2 atom stereocenters. The van der Waals surface area contributed by atoms with E-state index in [2.05, 4.69) is 4.98 Å². The van der Waals surface area contributed by atoms with E-state index in [-0.39, 0.29) is 16.1 Å². The maximum atomic E-state index is 14.7. The number of aryl methyl sites for hydroxylation is 1. The zero-order valence-corrected chi connectivity index (χ0v) is 19.1. The molecule has 0 spiro atoms. The summed E-state index contributed by atoms with van der Waals surface area (Å²) >= 11 is 6.14. The van der Waals surface area contributed by atoms with E-state index in [1.165, 1.54) is 23.1 Å². The molecule has 0 saturated heterocycles. The highest BCUT2D eigenvalue weighted by atomic mass is 35.5. The Morgan fingerprint density at radius 1 is 1.15 bits per heavy atom. The monoisotopic (exact) mass is 480 g/mol. The van der Waals surface area contributed by atoms with E-state index in [1.807, 2.05) is 0 Å². The van der Waals surface area contributed by atoms with E-state index in [0.717, 1.165) is 0 Å². The number of halogens is 2. The first-order valence-corrected chi connectivity index (χ1v) is 11.0. The van der Waals surface area contributed by atoms with Gasteiger partial charge in [-0.1, -0.05) is 23.7 Å². The van der Waals surface area contributed by atoms with Crippen LogP contribution >= 0.6 is 11.6 Å². The summed E-state index contributed by atoms with van der Waals surface area (Å²) in [5.74, 6) is -2.48. The van der Waals surface area contributed by atoms with Gasteiger partial charge in [-0.05, 0) is 72.9 Å². The molecule has 174 valence electrons. The van der Waals surface area contributed by atoms with Gasteiger partial charge in [-0.25, -0.2) is 4.39 Å². The number of benzene rings is 2. The lowest BCUT2D eigenvalue weighted by atomic mass is 9.96. The number of hydrogen-bond donors (Lipinski definition) is 2. The van der Waals surface area contributed by atoms with Crippen LogP contribution in [0.1, 0.15) is 61.6 Å². The molecule has 3 aromatic rings. The fraction of sp³-hybridized carbons (Fsp3) is 0.200. The van der Waals surface area contributed by atoms with Gasteiger partial charge in [0, 0.05) is 22.5 Å². The van der Waals surface area contributed by atoms with Crippen LogP contribution in [-0.2, 0) is 11.2 Å². The second kappa shape index (κ2) is 9.23. The van der Waals surface area contributed by atoms with Crippen LogP contribution in [0.25, 0.3) is 0 Å². The van der Waals surface area contributed by atoms with Crippen molar-refractivity contribution in [1.82, 2.24) is 9.88 Å². The molecule has 0 unspecified atom stereocenters. The summed E-state index contributed by atoms with van der Waals surface area (Å²) in [5.41, 5.74) is 13.4. The highest BCUT2D eigenvalue weighted by Gasteiger charge is 2.41. The van der Waals surface area contributed by atoms with Gasteiger partial charge in [-0.2, -0.15) is 0 Å². The van der Waals surface area contributed by atoms with Gasteiger partial charge < -0.3 is 16.4 Å². The van der Waals surface area contributed by atoms with Gasteiger partial charge in [0.1, 0.15) is 11.9 Å². The fourth-order valence-electron chi connectivity index (χ4n) is 4.52. The van der Waals surface area contributed by atoms with Gasteiger partial charge in [0.2, 0.25) is 11.8 Å². The van der Waals surface area contributed by atoms with Gasteiger partial charge in [0.25, 0.3) is 5.91 Å². The normalized spacial score (nSPS) is 15.4. The largest absolute Gasteiger partial charge is 0.368 e. The molecule has 34 heavy (non-hydrogen) atoms. The number of rotatable bonds is 6. The number of aromatic nitrogens is 1. The Morgan fingerprint density at radius 2 is 1.91 bits per heavy atom. The van der Waals surface area contributed by atoms with Gasteiger partial charge in [0.05, 0.1) is 11.6 Å². The number of nitrogens with two attached hydrogens (primary N) is 2. The average molecular weight is 481 g/mol. The lowest BCUT2D eigenvalue weighted by Crippen LogP contribution is -2.44. The first-order valence-electron chi connectivity index (χ1n) is 10.6. The number of pyridine rings is 1. The molecule has 0 aliphatic heterocycles. The number of hydrogen-bond acceptors (Lipinski definition) is 4. The average Bonchev–Trinajstić information content (AvgIpc) is 3.20. The van der Waals surface area contributed by atoms with E-state index in [4.69, 9.17) is 23.1 Å². The molecule has 2 aromatic carbocycles.